The van der Waals surface area contributed by atoms with Crippen LogP contribution in [0.5, 0.6) is 0 Å². The van der Waals surface area contributed by atoms with Crippen molar-refractivity contribution in [2.45, 2.75) is 45.1 Å². The predicted octanol–water partition coefficient (Wildman–Crippen LogP) is 2.02. The molecule has 1 aliphatic heterocycles. The van der Waals surface area contributed by atoms with E-state index < -0.39 is 0 Å². The van der Waals surface area contributed by atoms with Crippen molar-refractivity contribution in [3.05, 3.63) is 24.2 Å². The van der Waals surface area contributed by atoms with E-state index in [2.05, 4.69) is 17.1 Å². The summed E-state index contributed by atoms with van der Waals surface area (Å²) in [5, 5.41) is 13.1. The van der Waals surface area contributed by atoms with Crippen LogP contribution in [-0.4, -0.2) is 48.2 Å². The van der Waals surface area contributed by atoms with Crippen LogP contribution in [0.2, 0.25) is 0 Å². The summed E-state index contributed by atoms with van der Waals surface area (Å²) in [5.41, 5.74) is 0. The molecule has 2 heterocycles. The Balaban J connectivity index is 1.84. The molecule has 1 aliphatic rings. The Bertz CT molecular complexity index is 409. The minimum absolute atomic E-state index is 0.152. The van der Waals surface area contributed by atoms with E-state index in [-0.39, 0.29) is 6.10 Å². The average molecular weight is 293 g/mol. The van der Waals surface area contributed by atoms with Crippen molar-refractivity contribution < 1.29 is 9.52 Å². The van der Waals surface area contributed by atoms with Gasteiger partial charge in [0.25, 0.3) is 0 Å². The van der Waals surface area contributed by atoms with Gasteiger partial charge in [0.15, 0.2) is 5.96 Å². The van der Waals surface area contributed by atoms with Crippen molar-refractivity contribution in [2.75, 3.05) is 26.2 Å². The molecule has 0 saturated carbocycles. The van der Waals surface area contributed by atoms with E-state index in [0.29, 0.717) is 0 Å². The summed E-state index contributed by atoms with van der Waals surface area (Å²) in [6.45, 7) is 5.60. The first-order valence-corrected chi connectivity index (χ1v) is 8.03. The molecule has 118 valence electrons. The standard InChI is InChI=1S/C16H27N3O2/c1-2-3-9-17-16(19-11-7-14(20)8-12-19)18-10-6-15-5-4-13-21-15/h4-5,13-14,20H,2-3,6-12H2,1H3,(H,17,18). The van der Waals surface area contributed by atoms with Crippen LogP contribution in [0.1, 0.15) is 38.4 Å². The molecular weight excluding hydrogens is 266 g/mol. The Morgan fingerprint density at radius 1 is 1.48 bits per heavy atom. The normalized spacial score (nSPS) is 17.2. The summed E-state index contributed by atoms with van der Waals surface area (Å²) in [4.78, 5) is 6.95. The number of guanidine groups is 1. The predicted molar refractivity (Wildman–Crippen MR) is 84.4 cm³/mol. The molecule has 2 rings (SSSR count). The smallest absolute Gasteiger partial charge is 0.193 e. The molecule has 0 atom stereocenters. The second-order valence-electron chi connectivity index (χ2n) is 5.53. The van der Waals surface area contributed by atoms with Gasteiger partial charge < -0.3 is 19.7 Å². The minimum atomic E-state index is -0.152. The molecule has 1 saturated heterocycles. The monoisotopic (exact) mass is 293 g/mol. The van der Waals surface area contributed by atoms with Gasteiger partial charge in [-0.1, -0.05) is 13.3 Å². The Hall–Kier alpha value is -1.49. The second kappa shape index (κ2) is 8.72. The van der Waals surface area contributed by atoms with Crippen LogP contribution in [-0.2, 0) is 6.42 Å². The third kappa shape index (κ3) is 5.42. The van der Waals surface area contributed by atoms with Gasteiger partial charge in [0, 0.05) is 32.6 Å². The maximum Gasteiger partial charge on any atom is 0.193 e. The molecule has 0 bridgehead atoms. The van der Waals surface area contributed by atoms with Gasteiger partial charge in [0.2, 0.25) is 0 Å². The highest BCUT2D eigenvalue weighted by atomic mass is 16.3. The molecule has 5 heteroatoms. The first-order chi connectivity index (χ1) is 10.3. The van der Waals surface area contributed by atoms with Gasteiger partial charge in [-0.2, -0.15) is 0 Å². The fourth-order valence-corrected chi connectivity index (χ4v) is 2.44. The number of nitrogens with zero attached hydrogens (tertiary/aromatic N) is 2. The average Bonchev–Trinajstić information content (AvgIpc) is 3.00. The number of piperidine rings is 1. The van der Waals surface area contributed by atoms with Crippen molar-refractivity contribution in [1.82, 2.24) is 10.2 Å². The van der Waals surface area contributed by atoms with Crippen LogP contribution < -0.4 is 5.32 Å². The lowest BCUT2D eigenvalue weighted by Gasteiger charge is -2.32. The summed E-state index contributed by atoms with van der Waals surface area (Å²) in [6.07, 6.45) is 6.33. The van der Waals surface area contributed by atoms with Gasteiger partial charge in [-0.25, -0.2) is 0 Å². The zero-order valence-corrected chi connectivity index (χ0v) is 12.9. The van der Waals surface area contributed by atoms with Crippen LogP contribution in [0, 0.1) is 0 Å². The van der Waals surface area contributed by atoms with Gasteiger partial charge in [-0.05, 0) is 31.4 Å². The number of unbranched alkanes of at least 4 members (excludes halogenated alkanes) is 1. The van der Waals surface area contributed by atoms with Gasteiger partial charge >= 0.3 is 0 Å². The first kappa shape index (κ1) is 15.9. The Morgan fingerprint density at radius 3 is 2.95 bits per heavy atom. The van der Waals surface area contributed by atoms with Crippen molar-refractivity contribution in [2.24, 2.45) is 4.99 Å². The first-order valence-electron chi connectivity index (χ1n) is 8.03. The van der Waals surface area contributed by atoms with Crippen molar-refractivity contribution in [3.63, 3.8) is 0 Å². The third-order valence-corrected chi connectivity index (χ3v) is 3.77. The van der Waals surface area contributed by atoms with Crippen molar-refractivity contribution >= 4 is 5.96 Å². The van der Waals surface area contributed by atoms with E-state index in [1.807, 2.05) is 12.1 Å². The number of aliphatic hydroxyl groups excluding tert-OH is 1. The number of nitrogens with one attached hydrogen (secondary N) is 1. The quantitative estimate of drug-likeness (QED) is 0.478. The van der Waals surface area contributed by atoms with E-state index in [1.54, 1.807) is 6.26 Å². The van der Waals surface area contributed by atoms with E-state index >= 15 is 0 Å². The summed E-state index contributed by atoms with van der Waals surface area (Å²) in [6, 6.07) is 3.91. The lowest BCUT2D eigenvalue weighted by atomic mass is 10.1. The number of aliphatic hydroxyl groups is 1. The molecule has 0 spiro atoms. The number of hydrogen-bond acceptors (Lipinski definition) is 3. The van der Waals surface area contributed by atoms with E-state index in [4.69, 9.17) is 9.41 Å². The lowest BCUT2D eigenvalue weighted by molar-refractivity contribution is 0.108. The van der Waals surface area contributed by atoms with E-state index in [0.717, 1.165) is 70.0 Å². The van der Waals surface area contributed by atoms with Crippen LogP contribution >= 0.6 is 0 Å². The summed E-state index contributed by atoms with van der Waals surface area (Å²) in [5.74, 6) is 1.96. The van der Waals surface area contributed by atoms with Gasteiger partial charge in [0.05, 0.1) is 12.4 Å². The topological polar surface area (TPSA) is 61.0 Å². The zero-order valence-electron chi connectivity index (χ0n) is 12.9. The molecule has 0 unspecified atom stereocenters. The fourth-order valence-electron chi connectivity index (χ4n) is 2.44. The third-order valence-electron chi connectivity index (χ3n) is 3.77. The summed E-state index contributed by atoms with van der Waals surface area (Å²) >= 11 is 0. The zero-order chi connectivity index (χ0) is 14.9. The highest BCUT2D eigenvalue weighted by Crippen LogP contribution is 2.10. The molecule has 1 fully saturated rings. The van der Waals surface area contributed by atoms with Crippen molar-refractivity contribution in [1.29, 1.82) is 0 Å². The van der Waals surface area contributed by atoms with Gasteiger partial charge in [-0.15, -0.1) is 0 Å². The van der Waals surface area contributed by atoms with Crippen LogP contribution in [0.15, 0.2) is 27.8 Å². The van der Waals surface area contributed by atoms with E-state index in [1.165, 1.54) is 0 Å². The molecule has 5 nitrogen and oxygen atoms in total. The lowest BCUT2D eigenvalue weighted by Crippen LogP contribution is -2.47. The van der Waals surface area contributed by atoms with Crippen LogP contribution in [0.4, 0.5) is 0 Å². The summed E-state index contributed by atoms with van der Waals surface area (Å²) in [7, 11) is 0. The molecule has 2 N–H and O–H groups in total. The molecule has 0 radical (unpaired) electrons. The molecule has 0 amide bonds. The SMILES string of the molecule is CCCCN=C(NCCc1ccco1)N1CCC(O)CC1. The number of hydrogen-bond donors (Lipinski definition) is 2. The summed E-state index contributed by atoms with van der Waals surface area (Å²) < 4.78 is 5.35. The van der Waals surface area contributed by atoms with Gasteiger partial charge in [-0.3, -0.25) is 4.99 Å². The van der Waals surface area contributed by atoms with Crippen LogP contribution in [0.3, 0.4) is 0 Å². The fraction of sp³-hybridized carbons (Fsp3) is 0.688. The molecule has 21 heavy (non-hydrogen) atoms. The largest absolute Gasteiger partial charge is 0.469 e. The van der Waals surface area contributed by atoms with E-state index in [9.17, 15) is 5.11 Å². The molecule has 0 aliphatic carbocycles. The second-order valence-corrected chi connectivity index (χ2v) is 5.53. The molecule has 0 aromatic carbocycles. The highest BCUT2D eigenvalue weighted by molar-refractivity contribution is 5.80. The van der Waals surface area contributed by atoms with Crippen LogP contribution in [0.25, 0.3) is 0 Å². The number of aliphatic imine (C=N–C) groups is 1. The maximum atomic E-state index is 9.62. The molecule has 1 aromatic rings. The number of likely N-dealkylation sites (tertiary alicyclic amines) is 1. The van der Waals surface area contributed by atoms with Gasteiger partial charge in [0.1, 0.15) is 5.76 Å². The number of rotatable bonds is 6. The van der Waals surface area contributed by atoms with Crippen molar-refractivity contribution in [3.8, 4) is 0 Å². The molecular formula is C16H27N3O2. The Labute approximate surface area is 127 Å². The Kier molecular flexibility index (Phi) is 6.60. The highest BCUT2D eigenvalue weighted by Gasteiger charge is 2.19. The minimum Gasteiger partial charge on any atom is -0.469 e. The molecule has 1 aromatic heterocycles. The maximum absolute atomic E-state index is 9.62. The Morgan fingerprint density at radius 2 is 2.29 bits per heavy atom. The number of furan rings is 1.